The minimum absolute atomic E-state index is 0.0669. The Kier molecular flexibility index (Phi) is 3.90. The summed E-state index contributed by atoms with van der Waals surface area (Å²) in [5, 5.41) is 26.0. The zero-order chi connectivity index (χ0) is 17.5. The first kappa shape index (κ1) is 16.2. The summed E-state index contributed by atoms with van der Waals surface area (Å²) < 4.78 is 27.4. The van der Waals surface area contributed by atoms with Crippen LogP contribution in [0.25, 0.3) is 5.65 Å². The standard InChI is InChI=1S/C15H16N4O4S/c1-9-6-10(8-20)19-15(17-9)13(14(16-2)18-19)24(22,23)12-5-3-4-11(21)7-12/h3-7,20-21H,8H2,1-2H3,(H,16,18). The van der Waals surface area contributed by atoms with E-state index in [4.69, 9.17) is 0 Å². The van der Waals surface area contributed by atoms with Crippen LogP contribution in [-0.4, -0.2) is 40.3 Å². The number of hydrogen-bond donors (Lipinski definition) is 3. The van der Waals surface area contributed by atoms with Crippen LogP contribution >= 0.6 is 0 Å². The Labute approximate surface area is 138 Å². The van der Waals surface area contributed by atoms with Crippen molar-refractivity contribution >= 4 is 21.3 Å². The van der Waals surface area contributed by atoms with Gasteiger partial charge in [0.1, 0.15) is 5.75 Å². The summed E-state index contributed by atoms with van der Waals surface area (Å²) in [6, 6.07) is 7.02. The quantitative estimate of drug-likeness (QED) is 0.646. The van der Waals surface area contributed by atoms with Crippen LogP contribution in [0.15, 0.2) is 40.1 Å². The fourth-order valence-corrected chi connectivity index (χ4v) is 4.03. The summed E-state index contributed by atoms with van der Waals surface area (Å²) >= 11 is 0. The number of hydrogen-bond acceptors (Lipinski definition) is 7. The molecule has 0 radical (unpaired) electrons. The van der Waals surface area contributed by atoms with E-state index in [1.54, 1.807) is 20.0 Å². The Morgan fingerprint density at radius 3 is 2.67 bits per heavy atom. The van der Waals surface area contributed by atoms with Crippen molar-refractivity contribution in [3.8, 4) is 5.75 Å². The highest BCUT2D eigenvalue weighted by molar-refractivity contribution is 7.91. The predicted octanol–water partition coefficient (Wildman–Crippen LogP) is 1.11. The number of phenols is 1. The maximum absolute atomic E-state index is 13.0. The Morgan fingerprint density at radius 1 is 1.29 bits per heavy atom. The molecule has 0 aliphatic heterocycles. The molecule has 0 aliphatic carbocycles. The molecule has 2 heterocycles. The number of fused-ring (bicyclic) bond motifs is 1. The van der Waals surface area contributed by atoms with Crippen molar-refractivity contribution in [3.05, 3.63) is 41.7 Å². The molecule has 0 fully saturated rings. The first-order chi connectivity index (χ1) is 11.4. The zero-order valence-electron chi connectivity index (χ0n) is 13.1. The number of anilines is 1. The monoisotopic (exact) mass is 348 g/mol. The largest absolute Gasteiger partial charge is 0.508 e. The van der Waals surface area contributed by atoms with Crippen molar-refractivity contribution in [3.63, 3.8) is 0 Å². The highest BCUT2D eigenvalue weighted by Crippen LogP contribution is 2.32. The van der Waals surface area contributed by atoms with E-state index in [1.807, 2.05) is 0 Å². The van der Waals surface area contributed by atoms with Gasteiger partial charge >= 0.3 is 0 Å². The van der Waals surface area contributed by atoms with Crippen molar-refractivity contribution in [2.24, 2.45) is 0 Å². The molecule has 3 N–H and O–H groups in total. The molecular weight excluding hydrogens is 332 g/mol. The molecule has 1 aromatic carbocycles. The second-order valence-corrected chi connectivity index (χ2v) is 7.10. The number of benzene rings is 1. The van der Waals surface area contributed by atoms with E-state index < -0.39 is 9.84 Å². The lowest BCUT2D eigenvalue weighted by atomic mass is 10.3. The van der Waals surface area contributed by atoms with Gasteiger partial charge in [0.05, 0.1) is 17.2 Å². The van der Waals surface area contributed by atoms with Crippen LogP contribution < -0.4 is 5.32 Å². The van der Waals surface area contributed by atoms with Gasteiger partial charge in [-0.05, 0) is 31.2 Å². The van der Waals surface area contributed by atoms with Crippen LogP contribution in [0.2, 0.25) is 0 Å². The molecule has 3 aromatic rings. The predicted molar refractivity (Wildman–Crippen MR) is 86.8 cm³/mol. The number of aliphatic hydroxyl groups excluding tert-OH is 1. The second kappa shape index (κ2) is 5.77. The van der Waals surface area contributed by atoms with Crippen LogP contribution in [0.1, 0.15) is 11.4 Å². The number of aromatic hydroxyl groups is 1. The van der Waals surface area contributed by atoms with Gasteiger partial charge in [0.2, 0.25) is 9.84 Å². The van der Waals surface area contributed by atoms with E-state index in [1.165, 1.54) is 28.8 Å². The lowest BCUT2D eigenvalue weighted by Gasteiger charge is -2.06. The molecule has 0 aliphatic rings. The summed E-state index contributed by atoms with van der Waals surface area (Å²) in [7, 11) is -2.43. The zero-order valence-corrected chi connectivity index (χ0v) is 13.9. The van der Waals surface area contributed by atoms with E-state index in [9.17, 15) is 18.6 Å². The summed E-state index contributed by atoms with van der Waals surface area (Å²) in [6.45, 7) is 1.40. The average Bonchev–Trinajstić information content (AvgIpc) is 2.93. The van der Waals surface area contributed by atoms with E-state index in [0.29, 0.717) is 11.4 Å². The molecule has 24 heavy (non-hydrogen) atoms. The Balaban J connectivity index is 2.38. The molecule has 0 spiro atoms. The molecular formula is C15H16N4O4S. The van der Waals surface area contributed by atoms with Gasteiger partial charge in [0, 0.05) is 12.7 Å². The number of phenolic OH excluding ortho intramolecular Hbond substituents is 1. The second-order valence-electron chi connectivity index (χ2n) is 5.21. The van der Waals surface area contributed by atoms with Gasteiger partial charge < -0.3 is 15.5 Å². The van der Waals surface area contributed by atoms with Crippen LogP contribution in [0, 0.1) is 6.92 Å². The van der Waals surface area contributed by atoms with Gasteiger partial charge in [-0.15, -0.1) is 5.10 Å². The summed E-state index contributed by atoms with van der Waals surface area (Å²) in [6.07, 6.45) is 0. The molecule has 0 bridgehead atoms. The fourth-order valence-electron chi connectivity index (χ4n) is 2.49. The van der Waals surface area contributed by atoms with E-state index in [0.717, 1.165) is 0 Å². The molecule has 0 unspecified atom stereocenters. The minimum atomic E-state index is -3.98. The Morgan fingerprint density at radius 2 is 2.04 bits per heavy atom. The highest BCUT2D eigenvalue weighted by Gasteiger charge is 2.29. The Bertz CT molecular complexity index is 1030. The number of aryl methyl sites for hydroxylation is 1. The van der Waals surface area contributed by atoms with Crippen LogP contribution in [0.5, 0.6) is 5.75 Å². The van der Waals surface area contributed by atoms with Gasteiger partial charge in [-0.1, -0.05) is 6.07 Å². The smallest absolute Gasteiger partial charge is 0.214 e. The lowest BCUT2D eigenvalue weighted by molar-refractivity contribution is 0.273. The fraction of sp³-hybridized carbons (Fsp3) is 0.200. The van der Waals surface area contributed by atoms with Gasteiger partial charge in [-0.25, -0.2) is 17.9 Å². The number of nitrogens with zero attached hydrogens (tertiary/aromatic N) is 3. The van der Waals surface area contributed by atoms with Crippen molar-refractivity contribution in [2.75, 3.05) is 12.4 Å². The first-order valence-electron chi connectivity index (χ1n) is 7.10. The molecule has 9 heteroatoms. The van der Waals surface area contributed by atoms with Gasteiger partial charge in [-0.2, -0.15) is 0 Å². The van der Waals surface area contributed by atoms with Crippen LogP contribution in [0.3, 0.4) is 0 Å². The van der Waals surface area contributed by atoms with Crippen molar-refractivity contribution in [1.82, 2.24) is 14.6 Å². The number of aromatic nitrogens is 3. The first-order valence-corrected chi connectivity index (χ1v) is 8.58. The summed E-state index contributed by atoms with van der Waals surface area (Å²) in [5.74, 6) is -0.0371. The third-order valence-electron chi connectivity index (χ3n) is 3.54. The van der Waals surface area contributed by atoms with Crippen LogP contribution in [0.4, 0.5) is 5.82 Å². The SMILES string of the molecule is CNc1nn2c(CO)cc(C)nc2c1S(=O)(=O)c1cccc(O)c1. The normalized spacial score (nSPS) is 11.8. The van der Waals surface area contributed by atoms with E-state index in [2.05, 4.69) is 15.4 Å². The third-order valence-corrected chi connectivity index (χ3v) is 5.33. The summed E-state index contributed by atoms with van der Waals surface area (Å²) in [5.41, 5.74) is 1.10. The summed E-state index contributed by atoms with van der Waals surface area (Å²) in [4.78, 5) is 4.11. The topological polar surface area (TPSA) is 117 Å². The Hall–Kier alpha value is -2.65. The van der Waals surface area contributed by atoms with Crippen molar-refractivity contribution in [2.45, 2.75) is 23.3 Å². The number of rotatable bonds is 4. The molecule has 3 rings (SSSR count). The molecule has 126 valence electrons. The van der Waals surface area contributed by atoms with Crippen LogP contribution in [-0.2, 0) is 16.4 Å². The maximum Gasteiger partial charge on any atom is 0.214 e. The van der Waals surface area contributed by atoms with Gasteiger partial charge in [-0.3, -0.25) is 0 Å². The maximum atomic E-state index is 13.0. The van der Waals surface area contributed by atoms with E-state index in [-0.39, 0.29) is 33.6 Å². The number of sulfone groups is 1. The minimum Gasteiger partial charge on any atom is -0.508 e. The average molecular weight is 348 g/mol. The molecule has 0 amide bonds. The molecule has 0 saturated carbocycles. The molecule has 2 aromatic heterocycles. The lowest BCUT2D eigenvalue weighted by Crippen LogP contribution is -2.06. The molecule has 8 nitrogen and oxygen atoms in total. The van der Waals surface area contributed by atoms with E-state index >= 15 is 0 Å². The number of aliphatic hydroxyl groups is 1. The van der Waals surface area contributed by atoms with Gasteiger partial charge in [0.15, 0.2) is 16.4 Å². The van der Waals surface area contributed by atoms with Crippen molar-refractivity contribution in [1.29, 1.82) is 0 Å². The molecule has 0 saturated heterocycles. The number of nitrogens with one attached hydrogen (secondary N) is 1. The van der Waals surface area contributed by atoms with Crippen molar-refractivity contribution < 1.29 is 18.6 Å². The third kappa shape index (κ3) is 2.47. The molecule has 0 atom stereocenters. The highest BCUT2D eigenvalue weighted by atomic mass is 32.2. The van der Waals surface area contributed by atoms with Gasteiger partial charge in [0.25, 0.3) is 0 Å².